The molecular weight excluding hydrogens is 276 g/mol. The Bertz CT molecular complexity index is 385. The Morgan fingerprint density at radius 2 is 1.75 bits per heavy atom. The van der Waals surface area contributed by atoms with Gasteiger partial charge in [-0.3, -0.25) is 4.99 Å². The molecule has 16 heavy (non-hydrogen) atoms. The highest BCUT2D eigenvalue weighted by atomic mass is 79.9. The van der Waals surface area contributed by atoms with E-state index in [0.29, 0.717) is 4.47 Å². The van der Waals surface area contributed by atoms with Crippen LogP contribution >= 0.6 is 15.9 Å². The molecule has 0 spiro atoms. The Hall–Kier alpha value is -0.770. The van der Waals surface area contributed by atoms with Crippen molar-refractivity contribution in [1.29, 1.82) is 0 Å². The molecule has 0 aromatic heterocycles. The lowest BCUT2D eigenvalue weighted by atomic mass is 10.1. The van der Waals surface area contributed by atoms with Crippen molar-refractivity contribution in [2.45, 2.75) is 32.7 Å². The summed E-state index contributed by atoms with van der Waals surface area (Å²) in [5, 5.41) is 0. The fraction of sp³-hybridized carbons (Fsp3) is 0.417. The highest BCUT2D eigenvalue weighted by Gasteiger charge is 2.10. The zero-order valence-electron chi connectivity index (χ0n) is 9.52. The quantitative estimate of drug-likeness (QED) is 0.726. The van der Waals surface area contributed by atoms with Gasteiger partial charge in [0.15, 0.2) is 0 Å². The number of halogens is 3. The van der Waals surface area contributed by atoms with Gasteiger partial charge in [0.25, 0.3) is 0 Å². The first-order valence-corrected chi connectivity index (χ1v) is 5.76. The van der Waals surface area contributed by atoms with E-state index in [1.807, 2.05) is 20.8 Å². The van der Waals surface area contributed by atoms with Crippen LogP contribution in [0.25, 0.3) is 0 Å². The van der Waals surface area contributed by atoms with E-state index in [0.717, 1.165) is 0 Å². The summed E-state index contributed by atoms with van der Waals surface area (Å²) in [6, 6.07) is 2.51. The second kappa shape index (κ2) is 5.04. The average Bonchev–Trinajstić information content (AvgIpc) is 2.07. The van der Waals surface area contributed by atoms with Gasteiger partial charge in [-0.1, -0.05) is 15.9 Å². The van der Waals surface area contributed by atoms with Crippen LogP contribution in [0.2, 0.25) is 0 Å². The van der Waals surface area contributed by atoms with Crippen LogP contribution in [0.15, 0.2) is 21.6 Å². The van der Waals surface area contributed by atoms with Crippen molar-refractivity contribution < 1.29 is 8.78 Å². The smallest absolute Gasteiger partial charge is 0.130 e. The van der Waals surface area contributed by atoms with E-state index in [-0.39, 0.29) is 17.5 Å². The van der Waals surface area contributed by atoms with Gasteiger partial charge in [0.2, 0.25) is 0 Å². The van der Waals surface area contributed by atoms with Crippen LogP contribution in [0.4, 0.5) is 8.78 Å². The third-order valence-electron chi connectivity index (χ3n) is 1.88. The van der Waals surface area contributed by atoms with E-state index >= 15 is 0 Å². The van der Waals surface area contributed by atoms with Gasteiger partial charge in [-0.15, -0.1) is 0 Å². The van der Waals surface area contributed by atoms with E-state index in [1.54, 1.807) is 6.21 Å². The maximum absolute atomic E-state index is 13.4. The molecule has 0 radical (unpaired) electrons. The third-order valence-corrected chi connectivity index (χ3v) is 2.34. The van der Waals surface area contributed by atoms with Crippen LogP contribution in [0.5, 0.6) is 0 Å². The van der Waals surface area contributed by atoms with Crippen molar-refractivity contribution in [3.05, 3.63) is 33.8 Å². The summed E-state index contributed by atoms with van der Waals surface area (Å²) < 4.78 is 27.2. The second-order valence-corrected chi connectivity index (χ2v) is 5.45. The van der Waals surface area contributed by atoms with E-state index in [1.165, 1.54) is 12.1 Å². The third kappa shape index (κ3) is 4.00. The summed E-state index contributed by atoms with van der Waals surface area (Å²) in [7, 11) is 0. The molecule has 0 saturated carbocycles. The van der Waals surface area contributed by atoms with Crippen LogP contribution in [0.3, 0.4) is 0 Å². The first-order chi connectivity index (χ1) is 7.29. The van der Waals surface area contributed by atoms with E-state index in [9.17, 15) is 8.78 Å². The molecule has 0 aliphatic carbocycles. The summed E-state index contributed by atoms with van der Waals surface area (Å²) in [6.07, 6.45) is 1.72. The summed E-state index contributed by atoms with van der Waals surface area (Å²) in [4.78, 5) is 4.19. The minimum absolute atomic E-state index is 0.0520. The molecule has 0 aliphatic heterocycles. The number of aliphatic imine (C=N–C) groups is 1. The summed E-state index contributed by atoms with van der Waals surface area (Å²) in [5.41, 5.74) is -0.168. The average molecular weight is 290 g/mol. The topological polar surface area (TPSA) is 12.4 Å². The maximum Gasteiger partial charge on any atom is 0.130 e. The molecule has 0 fully saturated rings. The van der Waals surface area contributed by atoms with Gasteiger partial charge in [0, 0.05) is 22.7 Å². The Kier molecular flexibility index (Phi) is 4.19. The van der Waals surface area contributed by atoms with Crippen LogP contribution in [-0.4, -0.2) is 11.8 Å². The molecule has 1 aromatic carbocycles. The van der Waals surface area contributed by atoms with Gasteiger partial charge >= 0.3 is 0 Å². The molecule has 1 nitrogen and oxygen atoms in total. The van der Waals surface area contributed by atoms with E-state index < -0.39 is 11.6 Å². The molecule has 1 rings (SSSR count). The molecule has 0 bridgehead atoms. The van der Waals surface area contributed by atoms with E-state index in [4.69, 9.17) is 0 Å². The maximum atomic E-state index is 13.4. The van der Waals surface area contributed by atoms with Crippen LogP contribution < -0.4 is 0 Å². The molecule has 0 aliphatic rings. The number of hydrogen-bond donors (Lipinski definition) is 0. The number of nitrogens with zero attached hydrogens (tertiary/aromatic N) is 1. The van der Waals surface area contributed by atoms with Gasteiger partial charge in [0.05, 0.1) is 5.54 Å². The lowest BCUT2D eigenvalue weighted by Crippen LogP contribution is -2.10. The first kappa shape index (κ1) is 13.3. The highest BCUT2D eigenvalue weighted by Crippen LogP contribution is 2.19. The zero-order valence-corrected chi connectivity index (χ0v) is 11.1. The van der Waals surface area contributed by atoms with E-state index in [2.05, 4.69) is 20.9 Å². The second-order valence-electron chi connectivity index (χ2n) is 4.53. The predicted octanol–water partition coefficient (Wildman–Crippen LogP) is 4.14. The van der Waals surface area contributed by atoms with Crippen molar-refractivity contribution in [2.24, 2.45) is 4.99 Å². The molecular formula is C12H14BrF2N. The van der Waals surface area contributed by atoms with Gasteiger partial charge < -0.3 is 0 Å². The molecule has 88 valence electrons. The molecule has 0 atom stereocenters. The largest absolute Gasteiger partial charge is 0.291 e. The highest BCUT2D eigenvalue weighted by molar-refractivity contribution is 9.10. The van der Waals surface area contributed by atoms with Gasteiger partial charge in [-0.05, 0) is 32.9 Å². The van der Waals surface area contributed by atoms with Crippen molar-refractivity contribution in [3.8, 4) is 0 Å². The van der Waals surface area contributed by atoms with Gasteiger partial charge in [-0.25, -0.2) is 8.78 Å². The van der Waals surface area contributed by atoms with Crippen LogP contribution in [0, 0.1) is 11.6 Å². The number of benzene rings is 1. The molecule has 4 heteroatoms. The van der Waals surface area contributed by atoms with Crippen molar-refractivity contribution in [1.82, 2.24) is 0 Å². The minimum atomic E-state index is -0.549. The summed E-state index contributed by atoms with van der Waals surface area (Å²) >= 11 is 3.03. The first-order valence-electron chi connectivity index (χ1n) is 4.97. The Balaban J connectivity index is 2.87. The molecule has 0 amide bonds. The monoisotopic (exact) mass is 289 g/mol. The SMILES string of the molecule is CC(C)(C)N=CCc1c(F)cc(Br)cc1F. The van der Waals surface area contributed by atoms with Crippen LogP contribution in [0.1, 0.15) is 26.3 Å². The lowest BCUT2D eigenvalue weighted by Gasteiger charge is -2.11. The van der Waals surface area contributed by atoms with Crippen molar-refractivity contribution >= 4 is 22.1 Å². The van der Waals surface area contributed by atoms with Crippen molar-refractivity contribution in [3.63, 3.8) is 0 Å². The molecule has 0 unspecified atom stereocenters. The van der Waals surface area contributed by atoms with Crippen LogP contribution in [-0.2, 0) is 6.42 Å². The van der Waals surface area contributed by atoms with Gasteiger partial charge in [0.1, 0.15) is 11.6 Å². The fourth-order valence-corrected chi connectivity index (χ4v) is 1.58. The lowest BCUT2D eigenvalue weighted by molar-refractivity contribution is 0.560. The predicted molar refractivity (Wildman–Crippen MR) is 66.0 cm³/mol. The minimum Gasteiger partial charge on any atom is -0.291 e. The van der Waals surface area contributed by atoms with Crippen molar-refractivity contribution in [2.75, 3.05) is 0 Å². The fourth-order valence-electron chi connectivity index (χ4n) is 1.18. The Morgan fingerprint density at radius 1 is 1.25 bits per heavy atom. The summed E-state index contributed by atoms with van der Waals surface area (Å²) in [6.45, 7) is 5.79. The Morgan fingerprint density at radius 3 is 2.19 bits per heavy atom. The van der Waals surface area contributed by atoms with Gasteiger partial charge in [-0.2, -0.15) is 0 Å². The standard InChI is InChI=1S/C12H14BrF2N/c1-12(2,3)16-5-4-9-10(14)6-8(13)7-11(9)15/h5-7H,4H2,1-3H3. The molecule has 0 N–H and O–H groups in total. The zero-order chi connectivity index (χ0) is 12.3. The molecule has 1 aromatic rings. The number of hydrogen-bond acceptors (Lipinski definition) is 1. The normalized spacial score (nSPS) is 12.4. The molecule has 0 saturated heterocycles. The number of rotatable bonds is 2. The summed E-state index contributed by atoms with van der Waals surface area (Å²) in [5.74, 6) is -1.10. The molecule has 0 heterocycles. The Labute approximate surface area is 103 Å².